The Morgan fingerprint density at radius 3 is 2.50 bits per heavy atom. The average Bonchev–Trinajstić information content (AvgIpc) is 2.89. The van der Waals surface area contributed by atoms with Crippen molar-refractivity contribution in [3.05, 3.63) is 42.5 Å². The van der Waals surface area contributed by atoms with Gasteiger partial charge in [0.2, 0.25) is 0 Å². The molecule has 126 valence electrons. The van der Waals surface area contributed by atoms with E-state index in [0.717, 1.165) is 39.1 Å². The van der Waals surface area contributed by atoms with Crippen LogP contribution in [0.2, 0.25) is 0 Å². The molecule has 0 fully saturated rings. The van der Waals surface area contributed by atoms with Crippen LogP contribution in [0.1, 0.15) is 6.92 Å². The van der Waals surface area contributed by atoms with Gasteiger partial charge in [0, 0.05) is 18.5 Å². The predicted molar refractivity (Wildman–Crippen MR) is 99.0 cm³/mol. The third-order valence-electron chi connectivity index (χ3n) is 3.58. The Bertz CT molecular complexity index is 815. The Hall–Kier alpha value is -2.34. The Balaban J connectivity index is 1.54. The second kappa shape index (κ2) is 7.49. The van der Waals surface area contributed by atoms with E-state index in [4.69, 9.17) is 15.2 Å². The zero-order valence-electron chi connectivity index (χ0n) is 13.9. The second-order valence-electron chi connectivity index (χ2n) is 5.30. The summed E-state index contributed by atoms with van der Waals surface area (Å²) >= 11 is 1.67. The summed E-state index contributed by atoms with van der Waals surface area (Å²) in [6, 6.07) is 13.5. The fourth-order valence-electron chi connectivity index (χ4n) is 2.42. The molecule has 2 N–H and O–H groups in total. The van der Waals surface area contributed by atoms with Gasteiger partial charge >= 0.3 is 0 Å². The highest BCUT2D eigenvalue weighted by Gasteiger charge is 2.08. The molecule has 3 rings (SSSR count). The molecule has 5 nitrogen and oxygen atoms in total. The maximum atomic E-state index is 5.81. The summed E-state index contributed by atoms with van der Waals surface area (Å²) in [5.41, 5.74) is 8.55. The van der Waals surface area contributed by atoms with E-state index in [1.165, 1.54) is 0 Å². The van der Waals surface area contributed by atoms with Crippen LogP contribution in [0.3, 0.4) is 0 Å². The van der Waals surface area contributed by atoms with Crippen molar-refractivity contribution in [2.45, 2.75) is 12.1 Å². The monoisotopic (exact) mass is 343 g/mol. The van der Waals surface area contributed by atoms with Gasteiger partial charge in [0.25, 0.3) is 0 Å². The minimum atomic E-state index is 0.615. The highest BCUT2D eigenvalue weighted by Crippen LogP contribution is 2.24. The van der Waals surface area contributed by atoms with Crippen LogP contribution in [-0.2, 0) is 7.05 Å². The minimum absolute atomic E-state index is 0.615. The van der Waals surface area contributed by atoms with Crippen LogP contribution in [0.15, 0.2) is 47.6 Å². The van der Waals surface area contributed by atoms with E-state index in [2.05, 4.69) is 9.55 Å². The molecule has 0 bridgehead atoms. The van der Waals surface area contributed by atoms with E-state index < -0.39 is 0 Å². The lowest BCUT2D eigenvalue weighted by Gasteiger charge is -2.07. The van der Waals surface area contributed by atoms with Crippen LogP contribution in [0.25, 0.3) is 11.0 Å². The lowest BCUT2D eigenvalue weighted by molar-refractivity contribution is 0.332. The molecule has 0 saturated carbocycles. The number of ether oxygens (including phenoxy) is 2. The van der Waals surface area contributed by atoms with Crippen molar-refractivity contribution in [2.75, 3.05) is 24.7 Å². The lowest BCUT2D eigenvalue weighted by Crippen LogP contribution is -2.01. The maximum Gasteiger partial charge on any atom is 0.168 e. The number of imidazole rings is 1. The summed E-state index contributed by atoms with van der Waals surface area (Å²) in [5.74, 6) is 2.52. The summed E-state index contributed by atoms with van der Waals surface area (Å²) < 4.78 is 13.3. The largest absolute Gasteiger partial charge is 0.494 e. The van der Waals surface area contributed by atoms with Crippen LogP contribution >= 0.6 is 11.8 Å². The summed E-state index contributed by atoms with van der Waals surface area (Å²) in [6.45, 7) is 3.25. The molecule has 0 radical (unpaired) electrons. The van der Waals surface area contributed by atoms with Gasteiger partial charge in [0.05, 0.1) is 24.2 Å². The van der Waals surface area contributed by atoms with Gasteiger partial charge in [-0.25, -0.2) is 4.98 Å². The first kappa shape index (κ1) is 16.5. The summed E-state index contributed by atoms with van der Waals surface area (Å²) in [6.07, 6.45) is 0. The van der Waals surface area contributed by atoms with Crippen molar-refractivity contribution in [3.8, 4) is 11.5 Å². The molecule has 0 atom stereocenters. The number of aromatic nitrogens is 2. The van der Waals surface area contributed by atoms with E-state index in [0.29, 0.717) is 13.2 Å². The zero-order chi connectivity index (χ0) is 16.9. The van der Waals surface area contributed by atoms with Crippen molar-refractivity contribution >= 4 is 28.5 Å². The number of rotatable bonds is 7. The lowest BCUT2D eigenvalue weighted by atomic mass is 10.3. The highest BCUT2D eigenvalue weighted by molar-refractivity contribution is 7.99. The van der Waals surface area contributed by atoms with Gasteiger partial charge < -0.3 is 19.8 Å². The smallest absolute Gasteiger partial charge is 0.168 e. The fraction of sp³-hybridized carbons (Fsp3) is 0.278. The number of aryl methyl sites for hydroxylation is 1. The summed E-state index contributed by atoms with van der Waals surface area (Å²) in [7, 11) is 2.02. The first-order valence-corrected chi connectivity index (χ1v) is 8.86. The molecule has 0 saturated heterocycles. The van der Waals surface area contributed by atoms with Gasteiger partial charge in [-0.3, -0.25) is 0 Å². The normalized spacial score (nSPS) is 10.9. The predicted octanol–water partition coefficient (Wildman–Crippen LogP) is 3.73. The molecule has 6 heteroatoms. The van der Waals surface area contributed by atoms with Gasteiger partial charge in [-0.15, -0.1) is 0 Å². The van der Waals surface area contributed by atoms with Gasteiger partial charge in [0.1, 0.15) is 11.5 Å². The second-order valence-corrected chi connectivity index (χ2v) is 6.36. The van der Waals surface area contributed by atoms with Gasteiger partial charge in [-0.2, -0.15) is 0 Å². The zero-order valence-corrected chi connectivity index (χ0v) is 14.7. The Labute approximate surface area is 145 Å². The molecule has 0 aliphatic rings. The van der Waals surface area contributed by atoms with Crippen LogP contribution in [0.5, 0.6) is 11.5 Å². The molecule has 24 heavy (non-hydrogen) atoms. The standard InChI is InChI=1S/C18H21N3O2S/c1-3-22-14-5-7-15(8-6-14)23-10-11-24-18-20-16-12-13(19)4-9-17(16)21(18)2/h4-9,12H,3,10-11,19H2,1-2H3. The number of hydrogen-bond acceptors (Lipinski definition) is 5. The molecule has 0 aliphatic carbocycles. The van der Waals surface area contributed by atoms with E-state index in [9.17, 15) is 0 Å². The molecular formula is C18H21N3O2S. The Morgan fingerprint density at radius 1 is 1.08 bits per heavy atom. The molecule has 0 spiro atoms. The quantitative estimate of drug-likeness (QED) is 0.402. The Kier molecular flexibility index (Phi) is 5.15. The van der Waals surface area contributed by atoms with Gasteiger partial charge in [-0.05, 0) is 49.4 Å². The molecule has 0 unspecified atom stereocenters. The molecule has 0 aliphatic heterocycles. The third-order valence-corrected chi connectivity index (χ3v) is 4.58. The summed E-state index contributed by atoms with van der Waals surface area (Å²) in [4.78, 5) is 4.62. The third kappa shape index (κ3) is 3.76. The van der Waals surface area contributed by atoms with E-state index in [-0.39, 0.29) is 0 Å². The highest BCUT2D eigenvalue weighted by atomic mass is 32.2. The van der Waals surface area contributed by atoms with E-state index in [1.54, 1.807) is 11.8 Å². The fourth-order valence-corrected chi connectivity index (χ4v) is 3.22. The van der Waals surface area contributed by atoms with E-state index in [1.807, 2.05) is 56.4 Å². The molecule has 1 heterocycles. The number of benzene rings is 2. The van der Waals surface area contributed by atoms with Crippen LogP contribution in [-0.4, -0.2) is 28.5 Å². The molecule has 3 aromatic rings. The topological polar surface area (TPSA) is 62.3 Å². The van der Waals surface area contributed by atoms with Crippen molar-refractivity contribution in [1.82, 2.24) is 9.55 Å². The van der Waals surface area contributed by atoms with Crippen LogP contribution in [0.4, 0.5) is 5.69 Å². The minimum Gasteiger partial charge on any atom is -0.494 e. The number of nitrogen functional groups attached to an aromatic ring is 1. The van der Waals surface area contributed by atoms with Crippen LogP contribution < -0.4 is 15.2 Å². The van der Waals surface area contributed by atoms with Gasteiger partial charge in [-0.1, -0.05) is 11.8 Å². The maximum absolute atomic E-state index is 5.81. The van der Waals surface area contributed by atoms with Crippen molar-refractivity contribution in [3.63, 3.8) is 0 Å². The number of fused-ring (bicyclic) bond motifs is 1. The number of thioether (sulfide) groups is 1. The van der Waals surface area contributed by atoms with Crippen molar-refractivity contribution < 1.29 is 9.47 Å². The number of hydrogen-bond donors (Lipinski definition) is 1. The SMILES string of the molecule is CCOc1ccc(OCCSc2nc3cc(N)ccc3n2C)cc1. The number of nitrogens with two attached hydrogens (primary N) is 1. The summed E-state index contributed by atoms with van der Waals surface area (Å²) in [5, 5.41) is 0.964. The molecule has 1 aromatic heterocycles. The van der Waals surface area contributed by atoms with Crippen LogP contribution in [0, 0.1) is 0 Å². The van der Waals surface area contributed by atoms with Crippen molar-refractivity contribution in [2.24, 2.45) is 7.05 Å². The molecule has 2 aromatic carbocycles. The molecule has 0 amide bonds. The number of nitrogens with zero attached hydrogens (tertiary/aromatic N) is 2. The van der Waals surface area contributed by atoms with Gasteiger partial charge in [0.15, 0.2) is 5.16 Å². The first-order valence-electron chi connectivity index (χ1n) is 7.88. The van der Waals surface area contributed by atoms with E-state index >= 15 is 0 Å². The first-order chi connectivity index (χ1) is 11.7. The average molecular weight is 343 g/mol. The number of anilines is 1. The Morgan fingerprint density at radius 2 is 1.79 bits per heavy atom. The van der Waals surface area contributed by atoms with Crippen molar-refractivity contribution in [1.29, 1.82) is 0 Å². The molecular weight excluding hydrogens is 322 g/mol.